The fraction of sp³-hybridized carbons (Fsp3) is 0.571. The number of rotatable bonds is 3. The average Bonchev–Trinajstić information content (AvgIpc) is 3.14. The molecule has 0 radical (unpaired) electrons. The fourth-order valence-corrected chi connectivity index (χ4v) is 4.14. The molecule has 2 aromatic rings. The molecule has 1 saturated carbocycles. The van der Waals surface area contributed by atoms with Gasteiger partial charge < -0.3 is 4.74 Å². The van der Waals surface area contributed by atoms with E-state index >= 15 is 0 Å². The van der Waals surface area contributed by atoms with Crippen LogP contribution in [0.1, 0.15) is 80.3 Å². The summed E-state index contributed by atoms with van der Waals surface area (Å²) in [5, 5.41) is 4.06. The number of aromatic nitrogens is 2. The van der Waals surface area contributed by atoms with Crippen molar-refractivity contribution in [2.75, 3.05) is 0 Å². The molecule has 4 nitrogen and oxygen atoms in total. The third-order valence-electron chi connectivity index (χ3n) is 5.12. The SMILES string of the molecule is O=C(OC1CCCCCCCCCCC1)c1snnc1-c1ccc(F)cc1. The van der Waals surface area contributed by atoms with Gasteiger partial charge in [0.25, 0.3) is 0 Å². The van der Waals surface area contributed by atoms with Crippen molar-refractivity contribution in [3.05, 3.63) is 35.0 Å². The van der Waals surface area contributed by atoms with Gasteiger partial charge in [-0.2, -0.15) is 0 Å². The summed E-state index contributed by atoms with van der Waals surface area (Å²) in [6, 6.07) is 5.94. The molecule has 0 bridgehead atoms. The van der Waals surface area contributed by atoms with Gasteiger partial charge >= 0.3 is 5.97 Å². The molecule has 0 saturated heterocycles. The number of hydrogen-bond donors (Lipinski definition) is 0. The molecule has 1 aliphatic carbocycles. The molecule has 1 aromatic heterocycles. The van der Waals surface area contributed by atoms with Crippen molar-refractivity contribution in [3.8, 4) is 11.3 Å². The third-order valence-corrected chi connectivity index (χ3v) is 5.82. The van der Waals surface area contributed by atoms with Gasteiger partial charge in [0.15, 0.2) is 4.88 Å². The largest absolute Gasteiger partial charge is 0.458 e. The second-order valence-electron chi connectivity index (χ2n) is 7.24. The molecular weight excluding hydrogens is 363 g/mol. The summed E-state index contributed by atoms with van der Waals surface area (Å²) in [6.45, 7) is 0. The zero-order valence-electron chi connectivity index (χ0n) is 15.7. The summed E-state index contributed by atoms with van der Waals surface area (Å²) >= 11 is 1.04. The van der Waals surface area contributed by atoms with Crippen LogP contribution in [0.5, 0.6) is 0 Å². The van der Waals surface area contributed by atoms with Crippen molar-refractivity contribution in [3.63, 3.8) is 0 Å². The monoisotopic (exact) mass is 390 g/mol. The molecule has 146 valence electrons. The normalized spacial score (nSPS) is 17.7. The van der Waals surface area contributed by atoms with Crippen LogP contribution in [-0.2, 0) is 4.74 Å². The maximum Gasteiger partial charge on any atom is 0.352 e. The number of benzene rings is 1. The average molecular weight is 391 g/mol. The second-order valence-corrected chi connectivity index (χ2v) is 8.00. The minimum atomic E-state index is -0.360. The van der Waals surface area contributed by atoms with Crippen LogP contribution in [0.4, 0.5) is 4.39 Å². The van der Waals surface area contributed by atoms with Crippen LogP contribution in [0.3, 0.4) is 0 Å². The summed E-state index contributed by atoms with van der Waals surface area (Å²) in [7, 11) is 0. The zero-order valence-corrected chi connectivity index (χ0v) is 16.5. The molecule has 0 amide bonds. The first kappa shape index (κ1) is 19.9. The first-order valence-electron chi connectivity index (χ1n) is 10.0. The Bertz CT molecular complexity index is 705. The fourth-order valence-electron chi connectivity index (χ4n) is 3.57. The Balaban J connectivity index is 1.64. The van der Waals surface area contributed by atoms with E-state index in [2.05, 4.69) is 9.59 Å². The van der Waals surface area contributed by atoms with Crippen molar-refractivity contribution in [1.29, 1.82) is 0 Å². The van der Waals surface area contributed by atoms with Crippen molar-refractivity contribution >= 4 is 17.5 Å². The Morgan fingerprint density at radius 2 is 1.48 bits per heavy atom. The van der Waals surface area contributed by atoms with Gasteiger partial charge in [-0.15, -0.1) is 5.10 Å². The molecule has 0 unspecified atom stereocenters. The second kappa shape index (κ2) is 10.5. The van der Waals surface area contributed by atoms with E-state index in [1.54, 1.807) is 12.1 Å². The molecule has 0 N–H and O–H groups in total. The minimum Gasteiger partial charge on any atom is -0.458 e. The Labute approximate surface area is 164 Å². The van der Waals surface area contributed by atoms with Crippen LogP contribution in [0.25, 0.3) is 11.3 Å². The van der Waals surface area contributed by atoms with Crippen LogP contribution >= 0.6 is 11.5 Å². The van der Waals surface area contributed by atoms with Gasteiger partial charge in [0, 0.05) is 5.56 Å². The van der Waals surface area contributed by atoms with E-state index in [0.29, 0.717) is 16.1 Å². The number of hydrogen-bond acceptors (Lipinski definition) is 5. The number of ether oxygens (including phenoxy) is 1. The molecule has 1 aromatic carbocycles. The summed E-state index contributed by atoms with van der Waals surface area (Å²) in [5.41, 5.74) is 1.15. The molecule has 1 heterocycles. The molecule has 0 spiro atoms. The van der Waals surface area contributed by atoms with E-state index in [9.17, 15) is 9.18 Å². The van der Waals surface area contributed by atoms with Gasteiger partial charge in [-0.05, 0) is 61.5 Å². The highest BCUT2D eigenvalue weighted by atomic mass is 32.1. The van der Waals surface area contributed by atoms with Gasteiger partial charge in [0.2, 0.25) is 0 Å². The summed E-state index contributed by atoms with van der Waals surface area (Å²) in [5.74, 6) is -0.680. The summed E-state index contributed by atoms with van der Waals surface area (Å²) < 4.78 is 22.9. The van der Waals surface area contributed by atoms with Gasteiger partial charge in [-0.1, -0.05) is 49.4 Å². The van der Waals surface area contributed by atoms with Crippen LogP contribution in [0.15, 0.2) is 24.3 Å². The van der Waals surface area contributed by atoms with Gasteiger partial charge in [-0.3, -0.25) is 0 Å². The highest BCUT2D eigenvalue weighted by Crippen LogP contribution is 2.26. The number of carbonyl (C=O) groups excluding carboxylic acids is 1. The van der Waals surface area contributed by atoms with Crippen LogP contribution in [0, 0.1) is 5.82 Å². The van der Waals surface area contributed by atoms with Crippen LogP contribution < -0.4 is 0 Å². The number of esters is 1. The van der Waals surface area contributed by atoms with Crippen molar-refractivity contribution in [2.24, 2.45) is 0 Å². The zero-order chi connectivity index (χ0) is 18.9. The van der Waals surface area contributed by atoms with E-state index in [1.807, 2.05) is 0 Å². The smallest absolute Gasteiger partial charge is 0.352 e. The van der Waals surface area contributed by atoms with E-state index in [1.165, 1.54) is 57.1 Å². The molecule has 1 aliphatic rings. The topological polar surface area (TPSA) is 52.1 Å². The molecule has 0 atom stereocenters. The number of nitrogens with zero attached hydrogens (tertiary/aromatic N) is 2. The lowest BCUT2D eigenvalue weighted by Gasteiger charge is -2.18. The maximum absolute atomic E-state index is 13.2. The minimum absolute atomic E-state index is 0.0416. The lowest BCUT2D eigenvalue weighted by Crippen LogP contribution is -2.18. The van der Waals surface area contributed by atoms with E-state index in [4.69, 9.17) is 4.74 Å². The van der Waals surface area contributed by atoms with Crippen molar-refractivity contribution in [1.82, 2.24) is 9.59 Å². The Morgan fingerprint density at radius 3 is 2.07 bits per heavy atom. The molecule has 6 heteroatoms. The summed E-state index contributed by atoms with van der Waals surface area (Å²) in [6.07, 6.45) is 12.9. The van der Waals surface area contributed by atoms with Gasteiger partial charge in [0.05, 0.1) is 0 Å². The lowest BCUT2D eigenvalue weighted by atomic mass is 9.99. The Hall–Kier alpha value is -1.82. The predicted octanol–water partition coefficient (Wildman–Crippen LogP) is 6.17. The van der Waals surface area contributed by atoms with Crippen LogP contribution in [-0.4, -0.2) is 21.7 Å². The van der Waals surface area contributed by atoms with Crippen molar-refractivity contribution < 1.29 is 13.9 Å². The Kier molecular flexibility index (Phi) is 7.75. The first-order chi connectivity index (χ1) is 13.2. The molecule has 3 rings (SSSR count). The third kappa shape index (κ3) is 6.09. The predicted molar refractivity (Wildman–Crippen MR) is 105 cm³/mol. The maximum atomic E-state index is 13.2. The Morgan fingerprint density at radius 1 is 0.926 bits per heavy atom. The van der Waals surface area contributed by atoms with E-state index in [0.717, 1.165) is 37.2 Å². The number of carbonyl (C=O) groups is 1. The molecular formula is C21H27FN2O2S. The van der Waals surface area contributed by atoms with E-state index in [-0.39, 0.29) is 17.9 Å². The summed E-state index contributed by atoms with van der Waals surface area (Å²) in [4.78, 5) is 13.1. The molecule has 0 aliphatic heterocycles. The lowest BCUT2D eigenvalue weighted by molar-refractivity contribution is 0.0254. The molecule has 27 heavy (non-hydrogen) atoms. The highest BCUT2D eigenvalue weighted by molar-refractivity contribution is 7.08. The van der Waals surface area contributed by atoms with Crippen molar-refractivity contribution in [2.45, 2.75) is 76.7 Å². The van der Waals surface area contributed by atoms with Gasteiger partial charge in [-0.25, -0.2) is 9.18 Å². The quantitative estimate of drug-likeness (QED) is 0.588. The molecule has 1 fully saturated rings. The standard InChI is InChI=1S/C21H27FN2O2S/c22-17-14-12-16(13-15-17)19-20(27-24-23-19)21(25)26-18-10-8-6-4-2-1-3-5-7-9-11-18/h12-15,18H,1-11H2. The van der Waals surface area contributed by atoms with Gasteiger partial charge in [0.1, 0.15) is 17.6 Å². The first-order valence-corrected chi connectivity index (χ1v) is 10.8. The number of halogens is 1. The van der Waals surface area contributed by atoms with E-state index < -0.39 is 0 Å². The highest BCUT2D eigenvalue weighted by Gasteiger charge is 2.23. The van der Waals surface area contributed by atoms with Crippen LogP contribution in [0.2, 0.25) is 0 Å².